The van der Waals surface area contributed by atoms with Gasteiger partial charge in [-0.05, 0) is 42.8 Å². The SMILES string of the molecule is COc1ccc2c(c1)c(-c1cc3cccnc3[nH]1)cn2CC(=O)NCCCn1ccnc1. The number of aromatic amines is 1. The van der Waals surface area contributed by atoms with E-state index < -0.39 is 0 Å². The van der Waals surface area contributed by atoms with E-state index >= 15 is 0 Å². The summed E-state index contributed by atoms with van der Waals surface area (Å²) in [4.78, 5) is 24.5. The first-order valence-electron chi connectivity index (χ1n) is 10.5. The molecule has 5 aromatic rings. The maximum atomic E-state index is 12.6. The fraction of sp³-hybridized carbons (Fsp3) is 0.208. The Morgan fingerprint density at radius 3 is 2.97 bits per heavy atom. The van der Waals surface area contributed by atoms with E-state index in [1.54, 1.807) is 25.8 Å². The minimum atomic E-state index is -0.0202. The molecule has 0 saturated carbocycles. The number of carbonyl (C=O) groups is 1. The number of nitrogens with zero attached hydrogens (tertiary/aromatic N) is 4. The molecule has 0 aliphatic rings. The van der Waals surface area contributed by atoms with Crippen LogP contribution in [0.4, 0.5) is 0 Å². The van der Waals surface area contributed by atoms with Crippen molar-refractivity contribution in [1.82, 2.24) is 29.4 Å². The number of ether oxygens (including phenoxy) is 1. The Kier molecular flexibility index (Phi) is 5.33. The predicted molar refractivity (Wildman–Crippen MR) is 123 cm³/mol. The summed E-state index contributed by atoms with van der Waals surface area (Å²) in [6.07, 6.45) is 10.1. The standard InChI is InChI=1S/C24H24N6O2/c1-32-18-5-6-22-19(13-18)20(21-12-17-4-2-7-27-24(17)28-21)14-30(22)15-23(31)26-8-3-10-29-11-9-25-16-29/h2,4-7,9,11-14,16H,3,8,10,15H2,1H3,(H,26,31)(H,27,28). The first-order valence-corrected chi connectivity index (χ1v) is 10.5. The van der Waals surface area contributed by atoms with Crippen LogP contribution in [-0.2, 0) is 17.9 Å². The molecule has 162 valence electrons. The number of H-pyrrole nitrogens is 1. The number of aryl methyl sites for hydroxylation is 1. The van der Waals surface area contributed by atoms with Crippen LogP contribution in [0.15, 0.2) is 67.5 Å². The summed E-state index contributed by atoms with van der Waals surface area (Å²) in [5, 5.41) is 5.08. The van der Waals surface area contributed by atoms with E-state index in [4.69, 9.17) is 4.74 Å². The Balaban J connectivity index is 1.38. The molecule has 8 heteroatoms. The molecule has 0 saturated heterocycles. The fourth-order valence-electron chi connectivity index (χ4n) is 3.97. The number of hydrogen-bond acceptors (Lipinski definition) is 4. The molecule has 32 heavy (non-hydrogen) atoms. The largest absolute Gasteiger partial charge is 0.497 e. The van der Waals surface area contributed by atoms with Crippen LogP contribution in [0.2, 0.25) is 0 Å². The maximum Gasteiger partial charge on any atom is 0.239 e. The minimum absolute atomic E-state index is 0.0202. The molecule has 0 fully saturated rings. The lowest BCUT2D eigenvalue weighted by Crippen LogP contribution is -2.28. The van der Waals surface area contributed by atoms with Crippen LogP contribution < -0.4 is 10.1 Å². The van der Waals surface area contributed by atoms with Crippen molar-refractivity contribution in [1.29, 1.82) is 0 Å². The van der Waals surface area contributed by atoms with Crippen molar-refractivity contribution in [2.45, 2.75) is 19.5 Å². The summed E-state index contributed by atoms with van der Waals surface area (Å²) in [5.41, 5.74) is 3.77. The number of rotatable bonds is 8. The van der Waals surface area contributed by atoms with E-state index in [-0.39, 0.29) is 12.5 Å². The lowest BCUT2D eigenvalue weighted by atomic mass is 10.1. The van der Waals surface area contributed by atoms with Crippen LogP contribution in [0.25, 0.3) is 33.2 Å². The molecule has 0 aliphatic carbocycles. The third-order valence-electron chi connectivity index (χ3n) is 5.56. The van der Waals surface area contributed by atoms with Crippen LogP contribution in [0.3, 0.4) is 0 Å². The smallest absolute Gasteiger partial charge is 0.239 e. The molecular weight excluding hydrogens is 404 g/mol. The average Bonchev–Trinajstić information content (AvgIpc) is 3.55. The Labute approximate surface area is 184 Å². The van der Waals surface area contributed by atoms with Crippen LogP contribution in [0.5, 0.6) is 5.75 Å². The summed E-state index contributed by atoms with van der Waals surface area (Å²) >= 11 is 0. The van der Waals surface area contributed by atoms with Gasteiger partial charge in [0.15, 0.2) is 0 Å². The maximum absolute atomic E-state index is 12.6. The van der Waals surface area contributed by atoms with Gasteiger partial charge in [0.1, 0.15) is 17.9 Å². The number of amides is 1. The summed E-state index contributed by atoms with van der Waals surface area (Å²) in [6.45, 7) is 1.68. The van der Waals surface area contributed by atoms with Crippen molar-refractivity contribution in [2.24, 2.45) is 0 Å². The predicted octanol–water partition coefficient (Wildman–Crippen LogP) is 3.60. The molecule has 0 spiro atoms. The number of carbonyl (C=O) groups excluding carboxylic acids is 1. The highest BCUT2D eigenvalue weighted by Crippen LogP contribution is 2.34. The van der Waals surface area contributed by atoms with Gasteiger partial charge in [-0.3, -0.25) is 4.79 Å². The highest BCUT2D eigenvalue weighted by Gasteiger charge is 2.15. The van der Waals surface area contributed by atoms with Gasteiger partial charge in [0, 0.05) is 65.4 Å². The number of nitrogens with one attached hydrogen (secondary N) is 2. The molecule has 5 rings (SSSR count). The van der Waals surface area contributed by atoms with Crippen molar-refractivity contribution in [3.05, 3.63) is 67.5 Å². The molecule has 1 aromatic carbocycles. The Morgan fingerprint density at radius 1 is 1.22 bits per heavy atom. The topological polar surface area (TPSA) is 89.8 Å². The highest BCUT2D eigenvalue weighted by atomic mass is 16.5. The van der Waals surface area contributed by atoms with Crippen LogP contribution >= 0.6 is 0 Å². The van der Waals surface area contributed by atoms with Gasteiger partial charge >= 0.3 is 0 Å². The van der Waals surface area contributed by atoms with Crippen molar-refractivity contribution in [3.63, 3.8) is 0 Å². The first kappa shape index (κ1) is 19.9. The third-order valence-corrected chi connectivity index (χ3v) is 5.56. The van der Waals surface area contributed by atoms with Crippen molar-refractivity contribution < 1.29 is 9.53 Å². The van der Waals surface area contributed by atoms with E-state index in [9.17, 15) is 4.79 Å². The molecule has 0 unspecified atom stereocenters. The second-order valence-electron chi connectivity index (χ2n) is 7.68. The number of pyridine rings is 1. The lowest BCUT2D eigenvalue weighted by molar-refractivity contribution is -0.121. The zero-order valence-electron chi connectivity index (χ0n) is 17.8. The van der Waals surface area contributed by atoms with Gasteiger partial charge in [-0.15, -0.1) is 0 Å². The van der Waals surface area contributed by atoms with Gasteiger partial charge in [-0.1, -0.05) is 0 Å². The second kappa shape index (κ2) is 8.58. The van der Waals surface area contributed by atoms with Gasteiger partial charge in [0.05, 0.1) is 13.4 Å². The second-order valence-corrected chi connectivity index (χ2v) is 7.68. The number of benzene rings is 1. The molecule has 0 bridgehead atoms. The van der Waals surface area contributed by atoms with Gasteiger partial charge in [0.25, 0.3) is 0 Å². The zero-order valence-corrected chi connectivity index (χ0v) is 17.8. The number of methoxy groups -OCH3 is 1. The number of hydrogen-bond donors (Lipinski definition) is 2. The number of aromatic nitrogens is 5. The molecule has 4 aromatic heterocycles. The lowest BCUT2D eigenvalue weighted by Gasteiger charge is -2.08. The van der Waals surface area contributed by atoms with Gasteiger partial charge < -0.3 is 24.2 Å². The van der Waals surface area contributed by atoms with E-state index in [2.05, 4.69) is 26.3 Å². The van der Waals surface area contributed by atoms with E-state index in [1.165, 1.54) is 0 Å². The minimum Gasteiger partial charge on any atom is -0.497 e. The monoisotopic (exact) mass is 428 g/mol. The molecule has 0 radical (unpaired) electrons. The van der Waals surface area contributed by atoms with Crippen LogP contribution in [0.1, 0.15) is 6.42 Å². The van der Waals surface area contributed by atoms with E-state index in [1.807, 2.05) is 51.9 Å². The van der Waals surface area contributed by atoms with Gasteiger partial charge in [0.2, 0.25) is 5.91 Å². The fourth-order valence-corrected chi connectivity index (χ4v) is 3.97. The van der Waals surface area contributed by atoms with Gasteiger partial charge in [-0.2, -0.15) is 0 Å². The Bertz CT molecular complexity index is 1330. The zero-order chi connectivity index (χ0) is 21.9. The number of fused-ring (bicyclic) bond motifs is 2. The Morgan fingerprint density at radius 2 is 2.16 bits per heavy atom. The Hall–Kier alpha value is -4.07. The van der Waals surface area contributed by atoms with E-state index in [0.717, 1.165) is 51.9 Å². The summed E-state index contributed by atoms with van der Waals surface area (Å²) < 4.78 is 9.42. The van der Waals surface area contributed by atoms with Crippen molar-refractivity contribution >= 4 is 27.8 Å². The molecule has 2 N–H and O–H groups in total. The van der Waals surface area contributed by atoms with Crippen molar-refractivity contribution in [3.8, 4) is 17.0 Å². The molecule has 0 aliphatic heterocycles. The molecule has 4 heterocycles. The van der Waals surface area contributed by atoms with Crippen LogP contribution in [-0.4, -0.2) is 43.6 Å². The third kappa shape index (κ3) is 3.94. The quantitative estimate of drug-likeness (QED) is 0.370. The molecule has 1 amide bonds. The van der Waals surface area contributed by atoms with E-state index in [0.29, 0.717) is 6.54 Å². The highest BCUT2D eigenvalue weighted by molar-refractivity contribution is 5.99. The molecular formula is C24H24N6O2. The summed E-state index contributed by atoms with van der Waals surface area (Å²) in [6, 6.07) is 11.9. The average molecular weight is 428 g/mol. The summed E-state index contributed by atoms with van der Waals surface area (Å²) in [5.74, 6) is 0.753. The molecule has 0 atom stereocenters. The first-order chi connectivity index (χ1) is 15.7. The van der Waals surface area contributed by atoms with Crippen molar-refractivity contribution in [2.75, 3.05) is 13.7 Å². The van der Waals surface area contributed by atoms with Gasteiger partial charge in [-0.25, -0.2) is 9.97 Å². The number of imidazole rings is 1. The normalized spacial score (nSPS) is 11.3. The molecule has 8 nitrogen and oxygen atoms in total. The summed E-state index contributed by atoms with van der Waals surface area (Å²) in [7, 11) is 1.65. The van der Waals surface area contributed by atoms with Crippen LogP contribution in [0, 0.1) is 0 Å².